The van der Waals surface area contributed by atoms with Gasteiger partial charge in [-0.05, 0) is 65.3 Å². The summed E-state index contributed by atoms with van der Waals surface area (Å²) < 4.78 is 48.1. The number of allylic oxidation sites excluding steroid dienone is 1. The zero-order valence-corrected chi connectivity index (χ0v) is 31.4. The van der Waals surface area contributed by atoms with Crippen LogP contribution in [0.15, 0.2) is 24.3 Å². The molecule has 0 saturated carbocycles. The van der Waals surface area contributed by atoms with E-state index in [0.29, 0.717) is 19.3 Å². The highest BCUT2D eigenvalue weighted by Gasteiger charge is 2.50. The van der Waals surface area contributed by atoms with E-state index in [4.69, 9.17) is 37.9 Å². The Morgan fingerprint density at radius 2 is 1.56 bits per heavy atom. The number of cyclic esters (lactones) is 1. The molecule has 0 aromatic carbocycles. The number of epoxide rings is 1. The zero-order valence-electron chi connectivity index (χ0n) is 31.4. The van der Waals surface area contributed by atoms with Gasteiger partial charge in [0.05, 0.1) is 31.0 Å². The number of methoxy groups -OCH3 is 2. The number of nitrogens with zero attached hydrogens (tertiary/aromatic N) is 1. The van der Waals surface area contributed by atoms with E-state index in [9.17, 15) is 19.8 Å². The van der Waals surface area contributed by atoms with Crippen LogP contribution in [0, 0.1) is 23.7 Å². The summed E-state index contributed by atoms with van der Waals surface area (Å²) >= 11 is 0. The molecule has 0 aromatic heterocycles. The number of carbonyl (C=O) groups is 2. The lowest BCUT2D eigenvalue weighted by Crippen LogP contribution is -2.59. The Hall–Kier alpha value is -1.78. The number of esters is 1. The summed E-state index contributed by atoms with van der Waals surface area (Å²) in [5.74, 6) is -1.66. The lowest BCUT2D eigenvalue weighted by atomic mass is 9.84. The Morgan fingerprint density at radius 3 is 2.20 bits per heavy atom. The smallest absolute Gasteiger partial charge is 0.330 e. The molecule has 0 amide bonds. The van der Waals surface area contributed by atoms with Crippen LogP contribution in [-0.4, -0.2) is 141 Å². The standard InChI is InChI=1S/C37H61NO12/c1-11-27-24(18-45-37-35(44-10)34(43-9)30(41)23(6)47-37)33-28(49-33)14-13-26(39)20(3)16-21(4)32(19(2)12-15-29(40)48-27)50-36-31(42)25(38(7)8)17-22(5)46-36/h12-15,19-25,27-28,30-37,41-42H,11,16-18H2,1-10H3/t19-,20+,21-,22+,23+,24+,25-,27?,28?,30+,31+,32?,33?,34+,35+,36-,37+/m0/s1. The molecule has 3 saturated heterocycles. The second-order valence-electron chi connectivity index (χ2n) is 14.8. The van der Waals surface area contributed by atoms with E-state index in [0.717, 1.165) is 0 Å². The molecule has 13 nitrogen and oxygen atoms in total. The lowest BCUT2D eigenvalue weighted by Gasteiger charge is -2.43. The molecule has 0 radical (unpaired) electrons. The molecular weight excluding hydrogens is 650 g/mol. The molecular formula is C37H61NO12. The Labute approximate surface area is 297 Å². The fourth-order valence-corrected chi connectivity index (χ4v) is 7.64. The minimum Gasteiger partial charge on any atom is -0.459 e. The molecule has 13 heteroatoms. The van der Waals surface area contributed by atoms with Crippen molar-refractivity contribution in [3.8, 4) is 0 Å². The first kappa shape index (κ1) is 41.0. The normalized spacial score (nSPS) is 44.9. The predicted octanol–water partition coefficient (Wildman–Crippen LogP) is 2.65. The summed E-state index contributed by atoms with van der Waals surface area (Å²) in [7, 11) is 6.85. The molecule has 4 aliphatic heterocycles. The SMILES string of the molecule is CCC1OC(=O)C=C[C@H](C)C(O[C@@H]2O[C@H](C)C[C@H](N(C)C)[C@H]2O)[C@@H](C)C[C@@H](C)C(=O)C=CC2OC2[C@@H]1CO[C@@H]1O[C@H](C)[C@@H](O)[C@@H](OC)[C@H]1OC. The van der Waals surface area contributed by atoms with Gasteiger partial charge in [-0.1, -0.05) is 33.8 Å². The first-order chi connectivity index (χ1) is 23.7. The molecule has 4 unspecified atom stereocenters. The molecule has 0 bridgehead atoms. The van der Waals surface area contributed by atoms with Crippen molar-refractivity contribution in [2.24, 2.45) is 23.7 Å². The Kier molecular flexibility index (Phi) is 15.0. The molecule has 286 valence electrons. The van der Waals surface area contributed by atoms with Gasteiger partial charge in [-0.15, -0.1) is 0 Å². The molecule has 0 aliphatic carbocycles. The highest BCUT2D eigenvalue weighted by molar-refractivity contribution is 5.91. The summed E-state index contributed by atoms with van der Waals surface area (Å²) in [5, 5.41) is 21.8. The number of carbonyl (C=O) groups excluding carboxylic acids is 2. The topological polar surface area (TPSA) is 155 Å². The summed E-state index contributed by atoms with van der Waals surface area (Å²) in [5.41, 5.74) is 0. The average molecular weight is 712 g/mol. The molecule has 4 rings (SSSR count). The number of fused-ring (bicyclic) bond motifs is 1. The molecule has 50 heavy (non-hydrogen) atoms. The van der Waals surface area contributed by atoms with Crippen molar-refractivity contribution in [3.63, 3.8) is 0 Å². The number of rotatable bonds is 9. The van der Waals surface area contributed by atoms with Crippen molar-refractivity contribution in [2.45, 2.75) is 140 Å². The van der Waals surface area contributed by atoms with Crippen LogP contribution in [0.5, 0.6) is 0 Å². The van der Waals surface area contributed by atoms with Crippen LogP contribution >= 0.6 is 0 Å². The summed E-state index contributed by atoms with van der Waals surface area (Å²) in [6, 6.07) is -0.144. The lowest BCUT2D eigenvalue weighted by molar-refractivity contribution is -0.305. The van der Waals surface area contributed by atoms with Crippen LogP contribution in [0.2, 0.25) is 0 Å². The third kappa shape index (κ3) is 10.00. The van der Waals surface area contributed by atoms with Gasteiger partial charge in [0.1, 0.15) is 36.6 Å². The van der Waals surface area contributed by atoms with Gasteiger partial charge in [0.2, 0.25) is 0 Å². The van der Waals surface area contributed by atoms with Crippen LogP contribution in [0.4, 0.5) is 0 Å². The fraction of sp³-hybridized carbons (Fsp3) is 0.838. The van der Waals surface area contributed by atoms with E-state index < -0.39 is 67.2 Å². The first-order valence-corrected chi connectivity index (χ1v) is 18.1. The largest absolute Gasteiger partial charge is 0.459 e. The highest BCUT2D eigenvalue weighted by atomic mass is 16.7. The van der Waals surface area contributed by atoms with Gasteiger partial charge in [-0.2, -0.15) is 0 Å². The zero-order chi connectivity index (χ0) is 36.9. The van der Waals surface area contributed by atoms with Gasteiger partial charge >= 0.3 is 5.97 Å². The number of ketones is 1. The third-order valence-corrected chi connectivity index (χ3v) is 10.7. The first-order valence-electron chi connectivity index (χ1n) is 18.1. The van der Waals surface area contributed by atoms with E-state index in [1.807, 2.05) is 53.6 Å². The Balaban J connectivity index is 1.56. The quantitative estimate of drug-likeness (QED) is 0.266. The molecule has 17 atom stereocenters. The maximum Gasteiger partial charge on any atom is 0.330 e. The summed E-state index contributed by atoms with van der Waals surface area (Å²) in [6.07, 6.45) is 0.848. The van der Waals surface area contributed by atoms with Gasteiger partial charge in [0, 0.05) is 44.1 Å². The van der Waals surface area contributed by atoms with E-state index in [1.54, 1.807) is 25.2 Å². The number of likely N-dealkylation sites (N-methyl/N-ethyl adjacent to an activating group) is 1. The third-order valence-electron chi connectivity index (χ3n) is 10.7. The highest BCUT2D eigenvalue weighted by Crippen LogP contribution is 2.37. The summed E-state index contributed by atoms with van der Waals surface area (Å²) in [6.45, 7) is 11.6. The van der Waals surface area contributed by atoms with Crippen LogP contribution in [0.25, 0.3) is 0 Å². The van der Waals surface area contributed by atoms with Crippen molar-refractivity contribution in [3.05, 3.63) is 24.3 Å². The maximum absolute atomic E-state index is 13.4. The molecule has 0 aromatic rings. The molecule has 4 aliphatic rings. The van der Waals surface area contributed by atoms with Crippen molar-refractivity contribution < 1.29 is 57.7 Å². The van der Waals surface area contributed by atoms with Crippen LogP contribution < -0.4 is 0 Å². The number of aliphatic hydroxyl groups is 2. The average Bonchev–Trinajstić information content (AvgIpc) is 3.85. The van der Waals surface area contributed by atoms with Crippen LogP contribution in [-0.2, 0) is 47.5 Å². The number of hydrogen-bond donors (Lipinski definition) is 2. The molecule has 0 spiro atoms. The van der Waals surface area contributed by atoms with Crippen molar-refractivity contribution in [2.75, 3.05) is 34.9 Å². The van der Waals surface area contributed by atoms with Crippen molar-refractivity contribution >= 4 is 11.8 Å². The van der Waals surface area contributed by atoms with Crippen LogP contribution in [0.1, 0.15) is 60.8 Å². The van der Waals surface area contributed by atoms with Crippen LogP contribution in [0.3, 0.4) is 0 Å². The minimum absolute atomic E-state index is 0.0293. The molecule has 2 N–H and O–H groups in total. The number of aliphatic hydroxyl groups excluding tert-OH is 2. The number of hydrogen-bond acceptors (Lipinski definition) is 13. The van der Waals surface area contributed by atoms with E-state index in [1.165, 1.54) is 20.3 Å². The number of ether oxygens (including phenoxy) is 8. The predicted molar refractivity (Wildman–Crippen MR) is 183 cm³/mol. The summed E-state index contributed by atoms with van der Waals surface area (Å²) in [4.78, 5) is 28.7. The van der Waals surface area contributed by atoms with Gasteiger partial charge in [-0.3, -0.25) is 4.79 Å². The van der Waals surface area contributed by atoms with Crippen molar-refractivity contribution in [1.29, 1.82) is 0 Å². The Bertz CT molecular complexity index is 1170. The van der Waals surface area contributed by atoms with Gasteiger partial charge < -0.3 is 53.0 Å². The Morgan fingerprint density at radius 1 is 0.860 bits per heavy atom. The van der Waals surface area contributed by atoms with E-state index in [2.05, 4.69) is 0 Å². The van der Waals surface area contributed by atoms with E-state index in [-0.39, 0.29) is 54.5 Å². The second kappa shape index (κ2) is 18.3. The molecule has 4 heterocycles. The molecule has 3 fully saturated rings. The van der Waals surface area contributed by atoms with Crippen molar-refractivity contribution in [1.82, 2.24) is 4.90 Å². The van der Waals surface area contributed by atoms with Gasteiger partial charge in [-0.25, -0.2) is 4.79 Å². The van der Waals surface area contributed by atoms with Gasteiger partial charge in [0.15, 0.2) is 18.4 Å². The monoisotopic (exact) mass is 711 g/mol. The fourth-order valence-electron chi connectivity index (χ4n) is 7.64. The van der Waals surface area contributed by atoms with Gasteiger partial charge in [0.25, 0.3) is 0 Å². The second-order valence-corrected chi connectivity index (χ2v) is 14.8. The maximum atomic E-state index is 13.4. The minimum atomic E-state index is -0.904. The van der Waals surface area contributed by atoms with E-state index >= 15 is 0 Å².